The molecule has 0 unspecified atom stereocenters. The molecule has 0 saturated heterocycles. The van der Waals surface area contributed by atoms with Crippen molar-refractivity contribution in [3.8, 4) is 5.75 Å². The number of primary amides is 1. The molecular weight excluding hydrogens is 206 g/mol. The van der Waals surface area contributed by atoms with Crippen molar-refractivity contribution in [1.29, 1.82) is 0 Å². The highest BCUT2D eigenvalue weighted by atomic mass is 16.5. The van der Waals surface area contributed by atoms with E-state index in [0.29, 0.717) is 19.8 Å². The maximum atomic E-state index is 10.7. The van der Waals surface area contributed by atoms with E-state index >= 15 is 0 Å². The van der Waals surface area contributed by atoms with E-state index in [4.69, 9.17) is 15.2 Å². The van der Waals surface area contributed by atoms with E-state index < -0.39 is 0 Å². The molecule has 0 aromatic heterocycles. The van der Waals surface area contributed by atoms with E-state index in [9.17, 15) is 4.79 Å². The largest absolute Gasteiger partial charge is 0.491 e. The zero-order valence-corrected chi connectivity index (χ0v) is 9.44. The van der Waals surface area contributed by atoms with Crippen molar-refractivity contribution in [2.75, 3.05) is 19.8 Å². The lowest BCUT2D eigenvalue weighted by Gasteiger charge is -2.06. The van der Waals surface area contributed by atoms with Gasteiger partial charge in [-0.1, -0.05) is 12.1 Å². The van der Waals surface area contributed by atoms with Gasteiger partial charge in [-0.2, -0.15) is 0 Å². The Morgan fingerprint density at radius 1 is 1.25 bits per heavy atom. The molecule has 0 aliphatic carbocycles. The molecule has 0 saturated carbocycles. The van der Waals surface area contributed by atoms with Gasteiger partial charge < -0.3 is 15.2 Å². The molecule has 4 heteroatoms. The molecule has 1 aromatic rings. The standard InChI is InChI=1S/C12H17NO3/c1-2-15-7-8-16-11-5-3-10(4-6-11)9-12(13)14/h3-6H,2,7-9H2,1H3,(H2,13,14). The second kappa shape index (κ2) is 6.85. The lowest BCUT2D eigenvalue weighted by molar-refractivity contribution is -0.117. The minimum Gasteiger partial charge on any atom is -0.491 e. The number of carbonyl (C=O) groups excluding carboxylic acids is 1. The fraction of sp³-hybridized carbons (Fsp3) is 0.417. The van der Waals surface area contributed by atoms with Gasteiger partial charge >= 0.3 is 0 Å². The highest BCUT2D eigenvalue weighted by Gasteiger charge is 1.99. The molecule has 4 nitrogen and oxygen atoms in total. The third-order valence-electron chi connectivity index (χ3n) is 2.00. The summed E-state index contributed by atoms with van der Waals surface area (Å²) in [6.45, 7) is 3.75. The van der Waals surface area contributed by atoms with Crippen LogP contribution in [0.5, 0.6) is 5.75 Å². The van der Waals surface area contributed by atoms with Gasteiger partial charge in [-0.15, -0.1) is 0 Å². The topological polar surface area (TPSA) is 61.6 Å². The first-order valence-corrected chi connectivity index (χ1v) is 5.30. The summed E-state index contributed by atoms with van der Waals surface area (Å²) in [5, 5.41) is 0. The van der Waals surface area contributed by atoms with Crippen LogP contribution in [0.1, 0.15) is 12.5 Å². The van der Waals surface area contributed by atoms with Crippen LogP contribution in [-0.2, 0) is 16.0 Å². The fourth-order valence-corrected chi connectivity index (χ4v) is 1.27. The summed E-state index contributed by atoms with van der Waals surface area (Å²) < 4.78 is 10.6. The van der Waals surface area contributed by atoms with E-state index in [2.05, 4.69) is 0 Å². The molecule has 0 fully saturated rings. The first-order valence-electron chi connectivity index (χ1n) is 5.30. The Kier molecular flexibility index (Phi) is 5.36. The third kappa shape index (κ3) is 4.79. The normalized spacial score (nSPS) is 10.1. The molecule has 0 heterocycles. The molecule has 0 aliphatic heterocycles. The van der Waals surface area contributed by atoms with Gasteiger partial charge in [-0.25, -0.2) is 0 Å². The molecule has 1 amide bonds. The summed E-state index contributed by atoms with van der Waals surface area (Å²) in [7, 11) is 0. The van der Waals surface area contributed by atoms with Crippen molar-refractivity contribution < 1.29 is 14.3 Å². The molecule has 0 radical (unpaired) electrons. The lowest BCUT2D eigenvalue weighted by atomic mass is 10.1. The lowest BCUT2D eigenvalue weighted by Crippen LogP contribution is -2.13. The third-order valence-corrected chi connectivity index (χ3v) is 2.00. The van der Waals surface area contributed by atoms with Crippen LogP contribution in [0.2, 0.25) is 0 Å². The summed E-state index contributed by atoms with van der Waals surface area (Å²) in [4.78, 5) is 10.7. The highest BCUT2D eigenvalue weighted by Crippen LogP contribution is 2.12. The van der Waals surface area contributed by atoms with E-state index in [-0.39, 0.29) is 12.3 Å². The van der Waals surface area contributed by atoms with Gasteiger partial charge in [0.15, 0.2) is 0 Å². The number of hydrogen-bond donors (Lipinski definition) is 1. The first kappa shape index (κ1) is 12.5. The number of ether oxygens (including phenoxy) is 2. The SMILES string of the molecule is CCOCCOc1ccc(CC(N)=O)cc1. The van der Waals surface area contributed by atoms with Crippen LogP contribution >= 0.6 is 0 Å². The van der Waals surface area contributed by atoms with Gasteiger partial charge in [0.25, 0.3) is 0 Å². The van der Waals surface area contributed by atoms with Crippen LogP contribution in [0.15, 0.2) is 24.3 Å². The number of carbonyl (C=O) groups is 1. The van der Waals surface area contributed by atoms with Crippen molar-refractivity contribution in [2.24, 2.45) is 5.73 Å². The van der Waals surface area contributed by atoms with Crippen molar-refractivity contribution in [1.82, 2.24) is 0 Å². The Hall–Kier alpha value is -1.55. The Labute approximate surface area is 95.3 Å². The van der Waals surface area contributed by atoms with Crippen molar-refractivity contribution >= 4 is 5.91 Å². The van der Waals surface area contributed by atoms with E-state index in [1.807, 2.05) is 31.2 Å². The van der Waals surface area contributed by atoms with Gasteiger partial charge in [0, 0.05) is 6.61 Å². The van der Waals surface area contributed by atoms with Crippen molar-refractivity contribution in [3.63, 3.8) is 0 Å². The second-order valence-electron chi connectivity index (χ2n) is 3.33. The quantitative estimate of drug-likeness (QED) is 0.705. The van der Waals surface area contributed by atoms with Crippen LogP contribution in [-0.4, -0.2) is 25.7 Å². The number of nitrogens with two attached hydrogens (primary N) is 1. The zero-order valence-electron chi connectivity index (χ0n) is 9.44. The number of hydrogen-bond acceptors (Lipinski definition) is 3. The molecule has 16 heavy (non-hydrogen) atoms. The average Bonchev–Trinajstić information content (AvgIpc) is 2.26. The first-order chi connectivity index (χ1) is 7.72. The fourth-order valence-electron chi connectivity index (χ4n) is 1.27. The van der Waals surface area contributed by atoms with Gasteiger partial charge in [-0.3, -0.25) is 4.79 Å². The Morgan fingerprint density at radius 3 is 2.50 bits per heavy atom. The van der Waals surface area contributed by atoms with E-state index in [0.717, 1.165) is 11.3 Å². The van der Waals surface area contributed by atoms with Crippen molar-refractivity contribution in [3.05, 3.63) is 29.8 Å². The number of rotatable bonds is 7. The van der Waals surface area contributed by atoms with Gasteiger partial charge in [-0.05, 0) is 24.6 Å². The van der Waals surface area contributed by atoms with Gasteiger partial charge in [0.05, 0.1) is 13.0 Å². The molecule has 2 N–H and O–H groups in total. The molecule has 0 spiro atoms. The maximum absolute atomic E-state index is 10.7. The summed E-state index contributed by atoms with van der Waals surface area (Å²) in [6, 6.07) is 7.32. The molecule has 0 bridgehead atoms. The summed E-state index contributed by atoms with van der Waals surface area (Å²) in [5.41, 5.74) is 5.98. The Morgan fingerprint density at radius 2 is 1.94 bits per heavy atom. The van der Waals surface area contributed by atoms with E-state index in [1.165, 1.54) is 0 Å². The molecular formula is C12H17NO3. The predicted octanol–water partition coefficient (Wildman–Crippen LogP) is 1.13. The van der Waals surface area contributed by atoms with Crippen LogP contribution in [0, 0.1) is 0 Å². The minimum atomic E-state index is -0.329. The number of benzene rings is 1. The maximum Gasteiger partial charge on any atom is 0.221 e. The van der Waals surface area contributed by atoms with Crippen LogP contribution in [0.3, 0.4) is 0 Å². The summed E-state index contributed by atoms with van der Waals surface area (Å²) in [6.07, 6.45) is 0.263. The number of amides is 1. The molecule has 1 rings (SSSR count). The average molecular weight is 223 g/mol. The van der Waals surface area contributed by atoms with Crippen LogP contribution in [0.25, 0.3) is 0 Å². The van der Waals surface area contributed by atoms with Crippen LogP contribution < -0.4 is 10.5 Å². The predicted molar refractivity (Wildman–Crippen MR) is 61.3 cm³/mol. The summed E-state index contributed by atoms with van der Waals surface area (Å²) >= 11 is 0. The monoisotopic (exact) mass is 223 g/mol. The van der Waals surface area contributed by atoms with Crippen molar-refractivity contribution in [2.45, 2.75) is 13.3 Å². The molecule has 0 aliphatic rings. The Bertz CT molecular complexity index is 322. The second-order valence-corrected chi connectivity index (χ2v) is 3.33. The minimum absolute atomic E-state index is 0.263. The molecule has 1 aromatic carbocycles. The summed E-state index contributed by atoms with van der Waals surface area (Å²) in [5.74, 6) is 0.443. The van der Waals surface area contributed by atoms with E-state index in [1.54, 1.807) is 0 Å². The highest BCUT2D eigenvalue weighted by molar-refractivity contribution is 5.76. The van der Waals surface area contributed by atoms with Gasteiger partial charge in [0.2, 0.25) is 5.91 Å². The smallest absolute Gasteiger partial charge is 0.221 e. The molecule has 0 atom stereocenters. The zero-order chi connectivity index (χ0) is 11.8. The Balaban J connectivity index is 2.36. The molecule has 88 valence electrons. The van der Waals surface area contributed by atoms with Crippen LogP contribution in [0.4, 0.5) is 0 Å². The van der Waals surface area contributed by atoms with Gasteiger partial charge in [0.1, 0.15) is 12.4 Å².